The Morgan fingerprint density at radius 2 is 2.54 bits per heavy atom. The van der Waals surface area contributed by atoms with Crippen LogP contribution in [-0.4, -0.2) is 29.2 Å². The van der Waals surface area contributed by atoms with Crippen molar-refractivity contribution in [1.82, 2.24) is 14.9 Å². The highest BCUT2D eigenvalue weighted by Gasteiger charge is 1.97. The number of carbonyl (C=O) groups excluding carboxylic acids is 1. The molecule has 0 aliphatic rings. The van der Waals surface area contributed by atoms with Crippen molar-refractivity contribution in [3.8, 4) is 0 Å². The average Bonchev–Trinajstić information content (AvgIpc) is 2.54. The number of alkyl halides is 1. The van der Waals surface area contributed by atoms with E-state index in [1.807, 2.05) is 0 Å². The van der Waals surface area contributed by atoms with E-state index in [9.17, 15) is 9.18 Å². The molecule has 4 nitrogen and oxygen atoms in total. The summed E-state index contributed by atoms with van der Waals surface area (Å²) in [5, 5.41) is 2.53. The van der Waals surface area contributed by atoms with E-state index in [0.29, 0.717) is 25.9 Å². The zero-order valence-electron chi connectivity index (χ0n) is 7.24. The fourth-order valence-electron chi connectivity index (χ4n) is 1.01. The van der Waals surface area contributed by atoms with Crippen LogP contribution in [0.5, 0.6) is 0 Å². The molecule has 13 heavy (non-hydrogen) atoms. The Labute approximate surface area is 75.8 Å². The van der Waals surface area contributed by atoms with Crippen molar-refractivity contribution in [3.63, 3.8) is 0 Å². The van der Waals surface area contributed by atoms with Crippen molar-refractivity contribution in [2.24, 2.45) is 0 Å². The van der Waals surface area contributed by atoms with Gasteiger partial charge in [-0.15, -0.1) is 0 Å². The third-order valence-corrected chi connectivity index (χ3v) is 1.64. The van der Waals surface area contributed by atoms with Gasteiger partial charge in [0.15, 0.2) is 0 Å². The third-order valence-electron chi connectivity index (χ3n) is 1.64. The Bertz CT molecular complexity index is 262. The minimum absolute atomic E-state index is 0.341. The molecular formula is C8H12FN3O. The van der Waals surface area contributed by atoms with Crippen molar-refractivity contribution >= 4 is 6.41 Å². The maximum atomic E-state index is 11.9. The van der Waals surface area contributed by atoms with Crippen molar-refractivity contribution < 1.29 is 9.18 Å². The van der Waals surface area contributed by atoms with Crippen LogP contribution in [0, 0.1) is 0 Å². The fourth-order valence-corrected chi connectivity index (χ4v) is 1.01. The van der Waals surface area contributed by atoms with Crippen molar-refractivity contribution in [2.45, 2.75) is 13.0 Å². The van der Waals surface area contributed by atoms with Gasteiger partial charge < -0.3 is 9.88 Å². The highest BCUT2D eigenvalue weighted by Crippen LogP contribution is 1.96. The maximum Gasteiger partial charge on any atom is 0.207 e. The van der Waals surface area contributed by atoms with Gasteiger partial charge in [-0.3, -0.25) is 4.79 Å². The second-order valence-corrected chi connectivity index (χ2v) is 2.61. The van der Waals surface area contributed by atoms with Crippen LogP contribution in [0.2, 0.25) is 0 Å². The van der Waals surface area contributed by atoms with Gasteiger partial charge in [-0.25, -0.2) is 9.37 Å². The van der Waals surface area contributed by atoms with E-state index in [4.69, 9.17) is 0 Å². The van der Waals surface area contributed by atoms with Gasteiger partial charge in [0.05, 0.1) is 18.6 Å². The third kappa shape index (κ3) is 3.23. The first-order valence-electron chi connectivity index (χ1n) is 4.10. The first kappa shape index (κ1) is 9.70. The van der Waals surface area contributed by atoms with E-state index in [0.717, 1.165) is 5.69 Å². The van der Waals surface area contributed by atoms with Gasteiger partial charge in [-0.2, -0.15) is 0 Å². The molecule has 0 saturated heterocycles. The van der Waals surface area contributed by atoms with Crippen molar-refractivity contribution in [1.29, 1.82) is 0 Å². The maximum absolute atomic E-state index is 11.9. The zero-order chi connectivity index (χ0) is 9.52. The average molecular weight is 185 g/mol. The van der Waals surface area contributed by atoms with Gasteiger partial charge in [0, 0.05) is 19.2 Å². The van der Waals surface area contributed by atoms with E-state index in [-0.39, 0.29) is 6.67 Å². The Morgan fingerprint density at radius 3 is 3.23 bits per heavy atom. The SMILES string of the molecule is O=CNCCc1cn(CCF)cn1. The molecule has 72 valence electrons. The molecule has 0 aliphatic heterocycles. The summed E-state index contributed by atoms with van der Waals surface area (Å²) in [5.74, 6) is 0. The molecule has 0 spiro atoms. The molecule has 1 aromatic rings. The lowest BCUT2D eigenvalue weighted by Crippen LogP contribution is -2.14. The Balaban J connectivity index is 2.35. The van der Waals surface area contributed by atoms with Crippen molar-refractivity contribution in [3.05, 3.63) is 18.2 Å². The first-order valence-corrected chi connectivity index (χ1v) is 4.10. The number of nitrogens with zero attached hydrogens (tertiary/aromatic N) is 2. The summed E-state index contributed by atoms with van der Waals surface area (Å²) >= 11 is 0. The number of rotatable bonds is 6. The molecule has 1 aromatic heterocycles. The van der Waals surface area contributed by atoms with Gasteiger partial charge in [0.25, 0.3) is 0 Å². The number of nitrogens with one attached hydrogen (secondary N) is 1. The lowest BCUT2D eigenvalue weighted by molar-refractivity contribution is -0.109. The highest BCUT2D eigenvalue weighted by molar-refractivity contribution is 5.45. The van der Waals surface area contributed by atoms with Crippen molar-refractivity contribution in [2.75, 3.05) is 13.2 Å². The number of aromatic nitrogens is 2. The molecule has 1 amide bonds. The fraction of sp³-hybridized carbons (Fsp3) is 0.500. The predicted molar refractivity (Wildman–Crippen MR) is 46.0 cm³/mol. The van der Waals surface area contributed by atoms with Gasteiger partial charge >= 0.3 is 0 Å². The molecule has 1 heterocycles. The summed E-state index contributed by atoms with van der Waals surface area (Å²) in [5.41, 5.74) is 0.864. The summed E-state index contributed by atoms with van der Waals surface area (Å²) < 4.78 is 13.6. The van der Waals surface area contributed by atoms with Gasteiger partial charge in [-0.1, -0.05) is 0 Å². The summed E-state index contributed by atoms with van der Waals surface area (Å²) in [7, 11) is 0. The number of aryl methyl sites for hydroxylation is 1. The Hall–Kier alpha value is -1.39. The lowest BCUT2D eigenvalue weighted by atomic mass is 10.3. The predicted octanol–water partition coefficient (Wildman–Crippen LogP) is 0.141. The number of hydrogen-bond donors (Lipinski definition) is 1. The number of carbonyl (C=O) groups is 1. The van der Waals surface area contributed by atoms with Crippen LogP contribution in [0.4, 0.5) is 4.39 Å². The Morgan fingerprint density at radius 1 is 1.69 bits per heavy atom. The van der Waals surface area contributed by atoms with E-state index >= 15 is 0 Å². The summed E-state index contributed by atoms with van der Waals surface area (Å²) in [4.78, 5) is 14.0. The molecule has 0 fully saturated rings. The summed E-state index contributed by atoms with van der Waals surface area (Å²) in [6.07, 6.45) is 4.71. The first-order chi connectivity index (χ1) is 6.36. The molecule has 5 heteroatoms. The second kappa shape index (κ2) is 5.29. The van der Waals surface area contributed by atoms with Gasteiger partial charge in [-0.05, 0) is 0 Å². The highest BCUT2D eigenvalue weighted by atomic mass is 19.1. The van der Waals surface area contributed by atoms with Crippen LogP contribution in [0.15, 0.2) is 12.5 Å². The van der Waals surface area contributed by atoms with Crippen LogP contribution in [0.25, 0.3) is 0 Å². The molecule has 1 rings (SSSR count). The molecule has 0 saturated carbocycles. The number of imidazole rings is 1. The standard InChI is InChI=1S/C8H12FN3O/c9-2-4-12-5-8(11-6-12)1-3-10-7-13/h5-7H,1-4H2,(H,10,13). The monoisotopic (exact) mass is 185 g/mol. The van der Waals surface area contributed by atoms with Gasteiger partial charge in [0.2, 0.25) is 6.41 Å². The molecule has 0 unspecified atom stereocenters. The number of amides is 1. The van der Waals surface area contributed by atoms with Crippen LogP contribution in [0.3, 0.4) is 0 Å². The number of halogens is 1. The molecule has 1 N–H and O–H groups in total. The quantitative estimate of drug-likeness (QED) is 0.506. The molecule has 0 aliphatic carbocycles. The number of hydrogen-bond acceptors (Lipinski definition) is 2. The van der Waals surface area contributed by atoms with E-state index in [1.54, 1.807) is 17.1 Å². The Kier molecular flexibility index (Phi) is 3.95. The lowest BCUT2D eigenvalue weighted by Gasteiger charge is -1.95. The smallest absolute Gasteiger partial charge is 0.207 e. The van der Waals surface area contributed by atoms with E-state index in [2.05, 4.69) is 10.3 Å². The molecule has 0 atom stereocenters. The topological polar surface area (TPSA) is 46.9 Å². The van der Waals surface area contributed by atoms with Gasteiger partial charge in [0.1, 0.15) is 6.67 Å². The second-order valence-electron chi connectivity index (χ2n) is 2.61. The zero-order valence-corrected chi connectivity index (χ0v) is 7.24. The summed E-state index contributed by atoms with van der Waals surface area (Å²) in [6, 6.07) is 0. The van der Waals surface area contributed by atoms with Crippen LogP contribution >= 0.6 is 0 Å². The van der Waals surface area contributed by atoms with E-state index < -0.39 is 0 Å². The van der Waals surface area contributed by atoms with Crippen LogP contribution < -0.4 is 5.32 Å². The largest absolute Gasteiger partial charge is 0.358 e. The normalized spacial score (nSPS) is 9.92. The van der Waals surface area contributed by atoms with Crippen LogP contribution in [0.1, 0.15) is 5.69 Å². The van der Waals surface area contributed by atoms with E-state index in [1.165, 1.54) is 0 Å². The molecule has 0 aromatic carbocycles. The molecule has 0 radical (unpaired) electrons. The molecular weight excluding hydrogens is 173 g/mol. The minimum Gasteiger partial charge on any atom is -0.358 e. The van der Waals surface area contributed by atoms with Crippen LogP contribution in [-0.2, 0) is 17.8 Å². The summed E-state index contributed by atoms with van der Waals surface area (Å²) in [6.45, 7) is 0.520. The minimum atomic E-state index is -0.387. The molecule has 0 bridgehead atoms.